The summed E-state index contributed by atoms with van der Waals surface area (Å²) in [6.45, 7) is -0.159. The number of alkyl halides is 5. The molecule has 0 aromatic carbocycles. The molecule has 0 spiro atoms. The zero-order chi connectivity index (χ0) is 12.9. The van der Waals surface area contributed by atoms with Crippen molar-refractivity contribution < 1.29 is 26.4 Å². The van der Waals surface area contributed by atoms with Crippen LogP contribution in [0.5, 0.6) is 0 Å². The third kappa shape index (κ3) is 2.03. The lowest BCUT2D eigenvalue weighted by molar-refractivity contribution is -0.157. The highest BCUT2D eigenvalue weighted by molar-refractivity contribution is 5.25. The van der Waals surface area contributed by atoms with Gasteiger partial charge in [0.25, 0.3) is 0 Å². The fourth-order valence-corrected chi connectivity index (χ4v) is 2.13. The largest absolute Gasteiger partial charge is 0.456 e. The highest BCUT2D eigenvalue weighted by Gasteiger charge is 2.58. The first-order valence-electron chi connectivity index (χ1n) is 4.94. The van der Waals surface area contributed by atoms with Gasteiger partial charge in [0.2, 0.25) is 11.7 Å². The minimum absolute atomic E-state index is 0.113. The summed E-state index contributed by atoms with van der Waals surface area (Å²) in [5.74, 6) is -4.17. The van der Waals surface area contributed by atoms with Crippen molar-refractivity contribution in [2.75, 3.05) is 6.54 Å². The van der Waals surface area contributed by atoms with E-state index in [0.29, 0.717) is 0 Å². The number of halogens is 5. The summed E-state index contributed by atoms with van der Waals surface area (Å²) in [5, 5.41) is 0. The predicted molar refractivity (Wildman–Crippen MR) is 48.6 cm³/mol. The van der Waals surface area contributed by atoms with E-state index in [-0.39, 0.29) is 12.3 Å². The molecule has 1 aromatic heterocycles. The lowest BCUT2D eigenvalue weighted by atomic mass is 9.64. The Bertz CT molecular complexity index is 415. The Morgan fingerprint density at radius 3 is 2.18 bits per heavy atom. The maximum absolute atomic E-state index is 12.8. The van der Waals surface area contributed by atoms with Gasteiger partial charge < -0.3 is 10.2 Å². The van der Waals surface area contributed by atoms with Gasteiger partial charge in [-0.25, -0.2) is 8.78 Å². The molecule has 2 rings (SSSR count). The molecule has 7 heteroatoms. The second kappa shape index (κ2) is 3.44. The molecule has 17 heavy (non-hydrogen) atoms. The standard InChI is InChI=1S/C10H10F5NO/c11-9(12)3-8(4-9,5-16)6-1-2-7(17-6)10(13,14)15/h1-2H,3-5,16H2. The molecule has 0 saturated heterocycles. The van der Waals surface area contributed by atoms with Crippen LogP contribution in [0.4, 0.5) is 22.0 Å². The van der Waals surface area contributed by atoms with E-state index in [2.05, 4.69) is 4.42 Å². The van der Waals surface area contributed by atoms with Crippen molar-refractivity contribution in [3.05, 3.63) is 23.7 Å². The van der Waals surface area contributed by atoms with Gasteiger partial charge in [-0.15, -0.1) is 0 Å². The lowest BCUT2D eigenvalue weighted by Gasteiger charge is -2.45. The highest BCUT2D eigenvalue weighted by Crippen LogP contribution is 2.53. The van der Waals surface area contributed by atoms with E-state index in [9.17, 15) is 22.0 Å². The fourth-order valence-electron chi connectivity index (χ4n) is 2.13. The predicted octanol–water partition coefficient (Wildman–Crippen LogP) is 2.92. The molecule has 0 radical (unpaired) electrons. The average Bonchev–Trinajstić information content (AvgIpc) is 2.61. The third-order valence-electron chi connectivity index (χ3n) is 2.99. The van der Waals surface area contributed by atoms with E-state index in [4.69, 9.17) is 5.73 Å². The molecule has 96 valence electrons. The second-order valence-corrected chi connectivity index (χ2v) is 4.36. The molecule has 0 amide bonds. The van der Waals surface area contributed by atoms with Gasteiger partial charge in [0, 0.05) is 19.4 Å². The molecule has 1 aliphatic carbocycles. The number of rotatable bonds is 2. The lowest BCUT2D eigenvalue weighted by Crippen LogP contribution is -2.53. The minimum atomic E-state index is -4.61. The molecule has 1 fully saturated rings. The van der Waals surface area contributed by atoms with Crippen LogP contribution in [0.1, 0.15) is 24.4 Å². The smallest absolute Gasteiger partial charge is 0.449 e. The first kappa shape index (κ1) is 12.3. The highest BCUT2D eigenvalue weighted by atomic mass is 19.4. The van der Waals surface area contributed by atoms with Crippen molar-refractivity contribution in [2.45, 2.75) is 30.4 Å². The van der Waals surface area contributed by atoms with Crippen LogP contribution in [0.15, 0.2) is 16.5 Å². The first-order chi connectivity index (χ1) is 7.69. The van der Waals surface area contributed by atoms with Crippen molar-refractivity contribution >= 4 is 0 Å². The van der Waals surface area contributed by atoms with E-state index in [1.807, 2.05) is 0 Å². The number of hydrogen-bond acceptors (Lipinski definition) is 2. The molecule has 2 N–H and O–H groups in total. The van der Waals surface area contributed by atoms with Gasteiger partial charge in [-0.3, -0.25) is 0 Å². The molecular weight excluding hydrogens is 245 g/mol. The Balaban J connectivity index is 2.26. The monoisotopic (exact) mass is 255 g/mol. The Morgan fingerprint density at radius 1 is 1.24 bits per heavy atom. The molecule has 0 atom stereocenters. The van der Waals surface area contributed by atoms with Gasteiger partial charge in [-0.1, -0.05) is 0 Å². The Kier molecular flexibility index (Phi) is 2.50. The quantitative estimate of drug-likeness (QED) is 0.825. The summed E-state index contributed by atoms with van der Waals surface area (Å²) < 4.78 is 67.1. The van der Waals surface area contributed by atoms with E-state index < -0.39 is 36.1 Å². The van der Waals surface area contributed by atoms with Crippen LogP contribution in [-0.4, -0.2) is 12.5 Å². The van der Waals surface area contributed by atoms with Crippen molar-refractivity contribution in [1.29, 1.82) is 0 Å². The maximum atomic E-state index is 12.8. The Labute approximate surface area is 93.6 Å². The van der Waals surface area contributed by atoms with E-state index in [1.165, 1.54) is 0 Å². The summed E-state index contributed by atoms with van der Waals surface area (Å²) >= 11 is 0. The first-order valence-corrected chi connectivity index (χ1v) is 4.94. The van der Waals surface area contributed by atoms with E-state index in [0.717, 1.165) is 12.1 Å². The number of hydrogen-bond donors (Lipinski definition) is 1. The van der Waals surface area contributed by atoms with Crippen LogP contribution < -0.4 is 5.73 Å². The summed E-state index contributed by atoms with van der Waals surface area (Å²) in [4.78, 5) is 0. The molecular formula is C10H10F5NO. The topological polar surface area (TPSA) is 39.2 Å². The average molecular weight is 255 g/mol. The third-order valence-corrected chi connectivity index (χ3v) is 2.99. The molecule has 1 saturated carbocycles. The number of nitrogens with two attached hydrogens (primary N) is 1. The molecule has 1 aromatic rings. The summed E-state index contributed by atoms with van der Waals surface area (Å²) in [6, 6.07) is 1.81. The van der Waals surface area contributed by atoms with Crippen molar-refractivity contribution in [3.8, 4) is 0 Å². The van der Waals surface area contributed by atoms with Gasteiger partial charge in [0.05, 0.1) is 5.41 Å². The molecule has 0 bridgehead atoms. The normalized spacial score (nSPS) is 22.2. The van der Waals surface area contributed by atoms with Crippen LogP contribution >= 0.6 is 0 Å². The number of furan rings is 1. The van der Waals surface area contributed by atoms with Gasteiger partial charge in [0.1, 0.15) is 5.76 Å². The molecule has 1 aliphatic rings. The summed E-state index contributed by atoms with van der Waals surface area (Å²) in [6.07, 6.45) is -5.75. The van der Waals surface area contributed by atoms with Crippen molar-refractivity contribution in [2.24, 2.45) is 5.73 Å². The van der Waals surface area contributed by atoms with Gasteiger partial charge in [0.15, 0.2) is 0 Å². The fraction of sp³-hybridized carbons (Fsp3) is 0.600. The minimum Gasteiger partial charge on any atom is -0.456 e. The van der Waals surface area contributed by atoms with Gasteiger partial charge >= 0.3 is 6.18 Å². The van der Waals surface area contributed by atoms with Crippen molar-refractivity contribution in [3.63, 3.8) is 0 Å². The molecule has 0 aliphatic heterocycles. The molecule has 1 heterocycles. The SMILES string of the molecule is NCC1(c2ccc(C(F)(F)F)o2)CC(F)(F)C1. The van der Waals surface area contributed by atoms with Gasteiger partial charge in [-0.2, -0.15) is 13.2 Å². The molecule has 0 unspecified atom stereocenters. The van der Waals surface area contributed by atoms with Crippen LogP contribution in [0, 0.1) is 0 Å². The van der Waals surface area contributed by atoms with Crippen LogP contribution in [0.2, 0.25) is 0 Å². The van der Waals surface area contributed by atoms with Crippen LogP contribution in [0.25, 0.3) is 0 Å². The zero-order valence-electron chi connectivity index (χ0n) is 8.65. The van der Waals surface area contributed by atoms with Crippen molar-refractivity contribution in [1.82, 2.24) is 0 Å². The zero-order valence-corrected chi connectivity index (χ0v) is 8.65. The Hall–Kier alpha value is -1.11. The Morgan fingerprint density at radius 2 is 1.82 bits per heavy atom. The summed E-state index contributed by atoms with van der Waals surface area (Å²) in [5.41, 5.74) is 4.21. The van der Waals surface area contributed by atoms with Crippen LogP contribution in [0.3, 0.4) is 0 Å². The van der Waals surface area contributed by atoms with Gasteiger partial charge in [-0.05, 0) is 12.1 Å². The second-order valence-electron chi connectivity index (χ2n) is 4.36. The van der Waals surface area contributed by atoms with Crippen LogP contribution in [-0.2, 0) is 11.6 Å². The molecule has 2 nitrogen and oxygen atoms in total. The van der Waals surface area contributed by atoms with E-state index in [1.54, 1.807) is 0 Å². The summed E-state index contributed by atoms with van der Waals surface area (Å²) in [7, 11) is 0. The van der Waals surface area contributed by atoms with E-state index >= 15 is 0 Å². The maximum Gasteiger partial charge on any atom is 0.449 e.